The summed E-state index contributed by atoms with van der Waals surface area (Å²) in [7, 11) is -5.01. The largest absolute Gasteiger partial charge is 0.399 e. The van der Waals surface area contributed by atoms with E-state index in [0.717, 1.165) is 12.1 Å². The van der Waals surface area contributed by atoms with Gasteiger partial charge in [-0.3, -0.25) is 0 Å². The van der Waals surface area contributed by atoms with Crippen molar-refractivity contribution >= 4 is 15.7 Å². The van der Waals surface area contributed by atoms with Gasteiger partial charge >= 0.3 is 0 Å². The summed E-state index contributed by atoms with van der Waals surface area (Å²) >= 11 is 0. The standard InChI is InChI=1S/C20H29N3O3S/c1-15(2)13-23(27(25,26)18-10-8-17(21)9-11-18)14-20(24)19(22)12-16-6-4-3-5-7-16/h3-11,15,19-20,24H,12-14,21-22H2,1-2H3/t19-,20+/m0/s1/i1D3,2D3,13D2,15D. The van der Waals surface area contributed by atoms with Crippen LogP contribution in [0.15, 0.2) is 59.5 Å². The van der Waals surface area contributed by atoms with Crippen LogP contribution >= 0.6 is 0 Å². The van der Waals surface area contributed by atoms with Crippen molar-refractivity contribution in [1.82, 2.24) is 4.31 Å². The average molecular weight is 401 g/mol. The molecular formula is C20H29N3O3S. The van der Waals surface area contributed by atoms with Crippen LogP contribution in [0.5, 0.6) is 0 Å². The van der Waals surface area contributed by atoms with Gasteiger partial charge in [-0.15, -0.1) is 0 Å². The van der Waals surface area contributed by atoms with Crippen molar-refractivity contribution in [3.63, 3.8) is 0 Å². The molecule has 6 nitrogen and oxygen atoms in total. The second kappa shape index (κ2) is 9.32. The normalized spacial score (nSPS) is 21.2. The molecule has 148 valence electrons. The number of hydrogen-bond donors (Lipinski definition) is 3. The van der Waals surface area contributed by atoms with Crippen LogP contribution in [-0.2, 0) is 16.4 Å². The van der Waals surface area contributed by atoms with Gasteiger partial charge in [0.15, 0.2) is 0 Å². The minimum atomic E-state index is -5.01. The molecule has 0 fully saturated rings. The summed E-state index contributed by atoms with van der Waals surface area (Å²) in [6.45, 7) is -12.6. The molecule has 0 aromatic heterocycles. The first-order valence-corrected chi connectivity index (χ1v) is 9.57. The van der Waals surface area contributed by atoms with Crippen molar-refractivity contribution in [2.75, 3.05) is 18.8 Å². The number of sulfonamides is 1. The lowest BCUT2D eigenvalue weighted by molar-refractivity contribution is 0.116. The summed E-state index contributed by atoms with van der Waals surface area (Å²) in [6, 6.07) is 11.9. The monoisotopic (exact) mass is 400 g/mol. The molecule has 0 saturated carbocycles. The molecule has 5 N–H and O–H groups in total. The van der Waals surface area contributed by atoms with E-state index in [4.69, 9.17) is 23.8 Å². The van der Waals surface area contributed by atoms with Gasteiger partial charge < -0.3 is 16.6 Å². The quantitative estimate of drug-likeness (QED) is 0.557. The first kappa shape index (κ1) is 11.8. The van der Waals surface area contributed by atoms with Crippen molar-refractivity contribution in [3.8, 4) is 0 Å². The summed E-state index contributed by atoms with van der Waals surface area (Å²) in [5.74, 6) is -3.93. The Hall–Kier alpha value is -1.93. The van der Waals surface area contributed by atoms with Gasteiger partial charge in [-0.1, -0.05) is 44.0 Å². The molecule has 0 bridgehead atoms. The molecule has 0 heterocycles. The van der Waals surface area contributed by atoms with Crippen molar-refractivity contribution < 1.29 is 25.9 Å². The maximum Gasteiger partial charge on any atom is 0.243 e. The van der Waals surface area contributed by atoms with Crippen LogP contribution in [0.4, 0.5) is 5.69 Å². The Balaban J connectivity index is 2.64. The van der Waals surface area contributed by atoms with Crippen LogP contribution in [0, 0.1) is 5.89 Å². The van der Waals surface area contributed by atoms with Gasteiger partial charge in [-0.25, -0.2) is 8.42 Å². The molecule has 0 saturated heterocycles. The number of nitrogen functional groups attached to an aromatic ring is 1. The summed E-state index contributed by atoms with van der Waals surface area (Å²) in [5.41, 5.74) is 12.5. The van der Waals surface area contributed by atoms with Crippen LogP contribution in [-0.4, -0.2) is 43.0 Å². The Morgan fingerprint density at radius 1 is 1.19 bits per heavy atom. The number of nitrogens with zero attached hydrogens (tertiary/aromatic N) is 1. The van der Waals surface area contributed by atoms with E-state index in [2.05, 4.69) is 0 Å². The van der Waals surface area contributed by atoms with Crippen LogP contribution in [0.1, 0.15) is 31.6 Å². The first-order chi connectivity index (χ1) is 16.3. The molecule has 2 atom stereocenters. The molecule has 0 amide bonds. The van der Waals surface area contributed by atoms with Gasteiger partial charge in [0.2, 0.25) is 10.0 Å². The highest BCUT2D eigenvalue weighted by atomic mass is 32.2. The maximum absolute atomic E-state index is 13.5. The van der Waals surface area contributed by atoms with Gasteiger partial charge in [-0.05, 0) is 42.1 Å². The number of aliphatic hydroxyl groups excluding tert-OH is 1. The lowest BCUT2D eigenvalue weighted by Gasteiger charge is -2.28. The number of aliphatic hydroxyl groups is 1. The maximum atomic E-state index is 13.5. The van der Waals surface area contributed by atoms with Crippen LogP contribution < -0.4 is 11.5 Å². The summed E-state index contributed by atoms with van der Waals surface area (Å²) in [5, 5.41) is 10.8. The third-order valence-corrected chi connectivity index (χ3v) is 5.55. The van der Waals surface area contributed by atoms with Gasteiger partial charge in [0.1, 0.15) is 0 Å². The lowest BCUT2D eigenvalue weighted by Crippen LogP contribution is -2.47. The second-order valence-corrected chi connectivity index (χ2v) is 7.88. The highest BCUT2D eigenvalue weighted by molar-refractivity contribution is 7.89. The van der Waals surface area contributed by atoms with Crippen molar-refractivity contribution in [3.05, 3.63) is 60.2 Å². The summed E-state index contributed by atoms with van der Waals surface area (Å²) in [6.07, 6.45) is -1.72. The zero-order valence-corrected chi connectivity index (χ0v) is 15.4. The minimum absolute atomic E-state index is 0.0469. The Morgan fingerprint density at radius 2 is 1.81 bits per heavy atom. The Labute approximate surface area is 174 Å². The number of benzene rings is 2. The fourth-order valence-electron chi connectivity index (χ4n) is 2.42. The molecule has 0 radical (unpaired) electrons. The molecule has 0 unspecified atom stereocenters. The van der Waals surface area contributed by atoms with E-state index in [9.17, 15) is 13.5 Å². The summed E-state index contributed by atoms with van der Waals surface area (Å²) in [4.78, 5) is -0.553. The van der Waals surface area contributed by atoms with Gasteiger partial charge in [0, 0.05) is 37.1 Å². The molecule has 0 aliphatic rings. The molecule has 0 spiro atoms. The predicted molar refractivity (Wildman–Crippen MR) is 109 cm³/mol. The fraction of sp³-hybridized carbons (Fsp3) is 0.400. The smallest absolute Gasteiger partial charge is 0.243 e. The number of anilines is 1. The number of hydrogen-bond acceptors (Lipinski definition) is 5. The minimum Gasteiger partial charge on any atom is -0.399 e. The molecule has 2 rings (SSSR count). The van der Waals surface area contributed by atoms with E-state index < -0.39 is 59.7 Å². The van der Waals surface area contributed by atoms with Gasteiger partial charge in [-0.2, -0.15) is 4.31 Å². The van der Waals surface area contributed by atoms with E-state index in [-0.39, 0.29) is 16.4 Å². The fourth-order valence-corrected chi connectivity index (χ4v) is 3.72. The van der Waals surface area contributed by atoms with Crippen molar-refractivity contribution in [1.29, 1.82) is 0 Å². The summed E-state index contributed by atoms with van der Waals surface area (Å²) < 4.78 is 98.3. The van der Waals surface area contributed by atoms with E-state index in [0.29, 0.717) is 5.56 Å². The Morgan fingerprint density at radius 3 is 2.41 bits per heavy atom. The SMILES string of the molecule is [2H]C([2H])([2H])C([2H])(C([2H])([2H])[2H])C([2H])([2H])N(C[C@@H](O)[C@@H](N)Cc1ccccc1)S(=O)(=O)c1ccc(N)cc1. The van der Waals surface area contributed by atoms with E-state index in [1.54, 1.807) is 30.3 Å². The Bertz CT molecular complexity index is 1110. The van der Waals surface area contributed by atoms with Crippen LogP contribution in [0.2, 0.25) is 0 Å². The second-order valence-electron chi connectivity index (χ2n) is 6.01. The van der Waals surface area contributed by atoms with Gasteiger partial charge in [0.05, 0.1) is 11.0 Å². The van der Waals surface area contributed by atoms with Crippen molar-refractivity contribution in [2.45, 2.75) is 37.2 Å². The third kappa shape index (κ3) is 6.04. The topological polar surface area (TPSA) is 110 Å². The molecule has 0 aliphatic heterocycles. The highest BCUT2D eigenvalue weighted by Crippen LogP contribution is 2.19. The molecule has 2 aromatic carbocycles. The average Bonchev–Trinajstić information content (AvgIpc) is 2.75. The van der Waals surface area contributed by atoms with Crippen LogP contribution in [0.25, 0.3) is 0 Å². The zero-order valence-electron chi connectivity index (χ0n) is 23.5. The molecule has 2 aromatic rings. The van der Waals surface area contributed by atoms with E-state index >= 15 is 0 Å². The third-order valence-electron chi connectivity index (χ3n) is 3.87. The van der Waals surface area contributed by atoms with Gasteiger partial charge in [0.25, 0.3) is 0 Å². The Kier molecular flexibility index (Phi) is 4.08. The number of rotatable bonds is 9. The van der Waals surface area contributed by atoms with E-state index in [1.807, 2.05) is 0 Å². The molecule has 0 aliphatic carbocycles. The van der Waals surface area contributed by atoms with E-state index in [1.165, 1.54) is 12.1 Å². The van der Waals surface area contributed by atoms with Crippen molar-refractivity contribution in [2.24, 2.45) is 11.6 Å². The predicted octanol–water partition coefficient (Wildman–Crippen LogP) is 1.85. The molecule has 7 heteroatoms. The molecule has 27 heavy (non-hydrogen) atoms. The zero-order chi connectivity index (χ0) is 27.7. The number of nitrogens with two attached hydrogens (primary N) is 2. The molecular weight excluding hydrogens is 362 g/mol. The first-order valence-electron chi connectivity index (χ1n) is 12.6. The van der Waals surface area contributed by atoms with Crippen LogP contribution in [0.3, 0.4) is 0 Å². The highest BCUT2D eigenvalue weighted by Gasteiger charge is 2.29. The lowest BCUT2D eigenvalue weighted by atomic mass is 10.0.